The third-order valence-electron chi connectivity index (χ3n) is 0.299. The molecule has 52 valence electrons. The van der Waals surface area contributed by atoms with Gasteiger partial charge < -0.3 is 4.74 Å². The maximum atomic E-state index is 10.9. The summed E-state index contributed by atoms with van der Waals surface area (Å²) in [5.41, 5.74) is 0. The lowest BCUT2D eigenvalue weighted by atomic mass is 10.8. The van der Waals surface area contributed by atoms with E-state index in [0.717, 1.165) is 0 Å². The van der Waals surface area contributed by atoms with Gasteiger partial charge in [0, 0.05) is 9.15 Å². The van der Waals surface area contributed by atoms with Gasteiger partial charge in [0.2, 0.25) is 0 Å². The van der Waals surface area contributed by atoms with Crippen LogP contribution in [0.15, 0.2) is 0 Å². The van der Waals surface area contributed by atoms with Gasteiger partial charge in [-0.15, -0.1) is 0 Å². The summed E-state index contributed by atoms with van der Waals surface area (Å²) in [4.78, 5) is 0. The number of hydrogen-bond donors (Lipinski definition) is 0. The maximum Gasteiger partial charge on any atom is 0.188 e. The highest BCUT2D eigenvalue weighted by molar-refractivity contribution is 4.16. The van der Waals surface area contributed by atoms with Gasteiger partial charge in [-0.1, -0.05) is 0 Å². The van der Waals surface area contributed by atoms with Crippen LogP contribution in [0.25, 0.3) is 0 Å². The van der Waals surface area contributed by atoms with E-state index < -0.39 is 13.5 Å². The molecule has 0 saturated heterocycles. The molecule has 0 amide bonds. The van der Waals surface area contributed by atoms with Crippen LogP contribution in [0.2, 0.25) is 0 Å². The van der Waals surface area contributed by atoms with E-state index in [1.807, 2.05) is 0 Å². The van der Waals surface area contributed by atoms with Gasteiger partial charge >= 0.3 is 0 Å². The number of alkyl halides is 2. The van der Waals surface area contributed by atoms with Crippen molar-refractivity contribution < 1.29 is 22.7 Å². The second-order valence-electron chi connectivity index (χ2n) is 0.706. The average molecular weight is 134 g/mol. The van der Waals surface area contributed by atoms with Crippen LogP contribution in [0.1, 0.15) is 0 Å². The molecule has 0 aromatic heterocycles. The van der Waals surface area contributed by atoms with Crippen molar-refractivity contribution in [2.24, 2.45) is 0 Å². The fraction of sp³-hybridized carbons (Fsp3) is 1.00. The monoisotopic (exact) mass is 134 g/mol. The van der Waals surface area contributed by atoms with E-state index in [9.17, 15) is 8.78 Å². The van der Waals surface area contributed by atoms with E-state index in [2.05, 4.69) is 4.74 Å². The summed E-state index contributed by atoms with van der Waals surface area (Å²) in [5, 5.41) is 0. The molecule has 0 atom stereocenters. The van der Waals surface area contributed by atoms with Crippen LogP contribution in [-0.4, -0.2) is 20.1 Å². The van der Waals surface area contributed by atoms with E-state index in [1.54, 1.807) is 0 Å². The molecule has 0 bridgehead atoms. The Morgan fingerprint density at radius 2 is 1.62 bits per heavy atom. The molecule has 0 saturated carbocycles. The van der Waals surface area contributed by atoms with Crippen molar-refractivity contribution in [3.05, 3.63) is 0 Å². The van der Waals surface area contributed by atoms with Gasteiger partial charge in [-0.05, 0) is 0 Å². The molecule has 0 aliphatic carbocycles. The Balaban J connectivity index is 0. The molecule has 0 rings (SSSR count). The molecular weight excluding hydrogens is 128 g/mol. The van der Waals surface area contributed by atoms with E-state index in [0.29, 0.717) is 0 Å². The highest BCUT2D eigenvalue weighted by Gasteiger charge is 1.78. The maximum absolute atomic E-state index is 10.9. The van der Waals surface area contributed by atoms with Crippen LogP contribution in [0.4, 0.5) is 17.9 Å². The Morgan fingerprint density at radius 1 is 1.12 bits per heavy atom. The van der Waals surface area contributed by atoms with E-state index in [-0.39, 0.29) is 6.61 Å². The zero-order valence-electron chi connectivity index (χ0n) is 4.04. The molecule has 0 heterocycles. The summed E-state index contributed by atoms with van der Waals surface area (Å²) in [6.07, 6.45) is 0. The first-order chi connectivity index (χ1) is 3.91. The van der Waals surface area contributed by atoms with Gasteiger partial charge in [-0.2, -0.15) is 0 Å². The lowest BCUT2D eigenvalue weighted by Crippen LogP contribution is -1.92. The molecule has 1 nitrogen and oxygen atoms in total. The molecule has 0 aromatic rings. The molecular formula is C3H6F4O. The molecule has 8 heavy (non-hydrogen) atoms. The molecule has 0 fully saturated rings. The minimum Gasteiger partial charge on any atom is -0.348 e. The van der Waals surface area contributed by atoms with Crippen molar-refractivity contribution in [3.8, 4) is 0 Å². The third-order valence-corrected chi connectivity index (χ3v) is 0.299. The van der Waals surface area contributed by atoms with Crippen LogP contribution in [-0.2, 0) is 4.74 Å². The number of halogens is 4. The summed E-state index contributed by atoms with van der Waals surface area (Å²) in [5.74, 6) is 0. The van der Waals surface area contributed by atoms with E-state index >= 15 is 0 Å². The molecule has 0 spiro atoms. The minimum atomic E-state index is -0.885. The Kier molecular flexibility index (Phi) is 21.1. The summed E-state index contributed by atoms with van der Waals surface area (Å²) < 4.78 is 41.6. The van der Waals surface area contributed by atoms with Crippen molar-refractivity contribution >= 4 is 0 Å². The topological polar surface area (TPSA) is 9.23 Å². The molecule has 0 radical (unpaired) electrons. The highest BCUT2D eigenvalue weighted by Crippen LogP contribution is 1.73. The van der Waals surface area contributed by atoms with Crippen molar-refractivity contribution in [3.63, 3.8) is 0 Å². The predicted octanol–water partition coefficient (Wildman–Crippen LogP) is 1.74. The van der Waals surface area contributed by atoms with Crippen molar-refractivity contribution in [1.29, 1.82) is 0 Å². The largest absolute Gasteiger partial charge is 0.348 e. The van der Waals surface area contributed by atoms with Crippen LogP contribution >= 0.6 is 0 Å². The number of rotatable bonds is 3. The molecule has 5 heteroatoms. The Bertz CT molecular complexity index is 23.2. The van der Waals surface area contributed by atoms with Crippen LogP contribution in [0.5, 0.6) is 0 Å². The smallest absolute Gasteiger partial charge is 0.188 e. The molecule has 0 aliphatic rings. The second-order valence-corrected chi connectivity index (χ2v) is 0.706. The lowest BCUT2D eigenvalue weighted by molar-refractivity contribution is 0.0494. The van der Waals surface area contributed by atoms with Crippen LogP contribution in [0.3, 0.4) is 0 Å². The minimum absolute atomic E-state index is 0.128. The quantitative estimate of drug-likeness (QED) is 0.422. The zero-order valence-corrected chi connectivity index (χ0v) is 4.04. The first-order valence-corrected chi connectivity index (χ1v) is 1.75. The molecule has 0 unspecified atom stereocenters. The van der Waals surface area contributed by atoms with E-state index in [4.69, 9.17) is 9.15 Å². The summed E-state index contributed by atoms with van der Waals surface area (Å²) in [6, 6.07) is 0. The Labute approximate surface area is 44.1 Å². The van der Waals surface area contributed by atoms with Crippen molar-refractivity contribution in [1.82, 2.24) is 0 Å². The first-order valence-electron chi connectivity index (χ1n) is 1.75. The normalized spacial score (nSPS) is 7.50. The first kappa shape index (κ1) is 10.6. The van der Waals surface area contributed by atoms with Crippen LogP contribution in [0, 0.1) is 0 Å². The van der Waals surface area contributed by atoms with Gasteiger partial charge in [-0.25, -0.2) is 8.78 Å². The van der Waals surface area contributed by atoms with Gasteiger partial charge in [-0.3, -0.25) is 0 Å². The lowest BCUT2D eigenvalue weighted by Gasteiger charge is -1.87. The Hall–Kier alpha value is -0.320. The summed E-state index contributed by atoms with van der Waals surface area (Å²) in [7, 11) is 0. The number of hydrogen-bond acceptors (Lipinski definition) is 1. The summed E-state index contributed by atoms with van der Waals surface area (Å²) in [6.45, 7) is -1.62. The molecule has 0 N–H and O–H groups in total. The molecule has 0 aliphatic heterocycles. The fourth-order valence-electron chi connectivity index (χ4n) is 0.109. The Morgan fingerprint density at radius 3 is 1.75 bits per heavy atom. The average Bonchev–Trinajstić information content (AvgIpc) is 1.88. The summed E-state index contributed by atoms with van der Waals surface area (Å²) >= 11 is 0. The predicted molar refractivity (Wildman–Crippen MR) is 20.1 cm³/mol. The fourth-order valence-corrected chi connectivity index (χ4v) is 0.109. The third kappa shape index (κ3) is 17.3. The van der Waals surface area contributed by atoms with Gasteiger partial charge in [0.1, 0.15) is 6.67 Å². The van der Waals surface area contributed by atoms with Crippen molar-refractivity contribution in [2.75, 3.05) is 20.1 Å². The highest BCUT2D eigenvalue weighted by atomic mass is 20.0. The van der Waals surface area contributed by atoms with Gasteiger partial charge in [0.25, 0.3) is 0 Å². The number of ether oxygens (including phenoxy) is 1. The van der Waals surface area contributed by atoms with Gasteiger partial charge in [0.05, 0.1) is 6.61 Å². The van der Waals surface area contributed by atoms with Crippen molar-refractivity contribution in [2.45, 2.75) is 0 Å². The second kappa shape index (κ2) is 15.9. The van der Waals surface area contributed by atoms with Crippen LogP contribution < -0.4 is 0 Å². The SMILES string of the molecule is FCCOCF.FF. The standard InChI is InChI=1S/C3H6F2O.F2/c4-1-2-6-3-5;1-2/h1-3H2;. The molecule has 0 aromatic carbocycles. The zero-order chi connectivity index (χ0) is 6.83. The van der Waals surface area contributed by atoms with E-state index in [1.165, 1.54) is 0 Å². The van der Waals surface area contributed by atoms with Gasteiger partial charge in [0.15, 0.2) is 6.86 Å².